The number of nitrogen functional groups attached to an aromatic ring is 1. The van der Waals surface area contributed by atoms with Gasteiger partial charge in [0.15, 0.2) is 0 Å². The van der Waals surface area contributed by atoms with Crippen LogP contribution < -0.4 is 15.5 Å². The second kappa shape index (κ2) is 4.93. The van der Waals surface area contributed by atoms with Crippen molar-refractivity contribution in [3.8, 4) is 0 Å². The molecule has 0 bridgehead atoms. The number of likely N-dealkylation sites (N-methyl/N-ethyl adjacent to an activating group) is 1. The summed E-state index contributed by atoms with van der Waals surface area (Å²) >= 11 is 6.20. The zero-order valence-corrected chi connectivity index (χ0v) is 10.4. The number of nitrogens with one attached hydrogen (secondary N) is 1. The van der Waals surface area contributed by atoms with Crippen molar-refractivity contribution in [1.29, 1.82) is 0 Å². The molecule has 1 aromatic carbocycles. The normalized spacial score (nSPS) is 17.8. The second-order valence-electron chi connectivity index (χ2n) is 4.30. The van der Waals surface area contributed by atoms with E-state index in [1.165, 1.54) is 19.6 Å². The van der Waals surface area contributed by atoms with Crippen LogP contribution in [-0.4, -0.2) is 32.7 Å². The Morgan fingerprint density at radius 3 is 2.62 bits per heavy atom. The SMILES string of the molecule is CC[NH+]1CCN(c2ccc(N)cc2Cl)CC1. The van der Waals surface area contributed by atoms with Gasteiger partial charge in [0.25, 0.3) is 0 Å². The molecule has 0 aliphatic carbocycles. The summed E-state index contributed by atoms with van der Waals surface area (Å²) in [5, 5.41) is 0.764. The van der Waals surface area contributed by atoms with Crippen molar-refractivity contribution in [2.75, 3.05) is 43.4 Å². The minimum Gasteiger partial charge on any atom is -0.399 e. The molecule has 3 N–H and O–H groups in total. The quantitative estimate of drug-likeness (QED) is 0.745. The monoisotopic (exact) mass is 240 g/mol. The molecule has 0 amide bonds. The Morgan fingerprint density at radius 1 is 1.38 bits per heavy atom. The van der Waals surface area contributed by atoms with E-state index in [9.17, 15) is 0 Å². The predicted octanol–water partition coefficient (Wildman–Crippen LogP) is 0.647. The highest BCUT2D eigenvalue weighted by atomic mass is 35.5. The third-order valence-corrected chi connectivity index (χ3v) is 3.59. The van der Waals surface area contributed by atoms with Gasteiger partial charge in [-0.3, -0.25) is 0 Å². The molecule has 3 nitrogen and oxygen atoms in total. The van der Waals surface area contributed by atoms with Gasteiger partial charge in [-0.2, -0.15) is 0 Å². The smallest absolute Gasteiger partial charge is 0.0949 e. The number of quaternary nitrogens is 1. The van der Waals surface area contributed by atoms with Gasteiger partial charge < -0.3 is 15.5 Å². The molecule has 4 heteroatoms. The molecule has 0 saturated carbocycles. The van der Waals surface area contributed by atoms with Crippen LogP contribution in [0.25, 0.3) is 0 Å². The molecule has 1 aromatic rings. The number of hydrogen-bond donors (Lipinski definition) is 2. The van der Waals surface area contributed by atoms with Crippen molar-refractivity contribution < 1.29 is 4.90 Å². The Balaban J connectivity index is 2.08. The van der Waals surface area contributed by atoms with Gasteiger partial charge in [-0.1, -0.05) is 11.6 Å². The lowest BCUT2D eigenvalue weighted by atomic mass is 10.2. The van der Waals surface area contributed by atoms with Crippen LogP contribution >= 0.6 is 11.6 Å². The Labute approximate surface area is 102 Å². The van der Waals surface area contributed by atoms with E-state index in [-0.39, 0.29) is 0 Å². The van der Waals surface area contributed by atoms with Gasteiger partial charge in [-0.05, 0) is 25.1 Å². The average molecular weight is 241 g/mol. The number of rotatable bonds is 2. The van der Waals surface area contributed by atoms with Gasteiger partial charge in [-0.15, -0.1) is 0 Å². The van der Waals surface area contributed by atoms with Gasteiger partial charge in [-0.25, -0.2) is 0 Å². The summed E-state index contributed by atoms with van der Waals surface area (Å²) in [6.07, 6.45) is 0. The van der Waals surface area contributed by atoms with Gasteiger partial charge in [0.05, 0.1) is 43.4 Å². The van der Waals surface area contributed by atoms with Crippen molar-refractivity contribution in [1.82, 2.24) is 0 Å². The predicted molar refractivity (Wildman–Crippen MR) is 69.3 cm³/mol. The Kier molecular flexibility index (Phi) is 3.56. The third kappa shape index (κ3) is 2.42. The molecule has 1 aliphatic rings. The lowest BCUT2D eigenvalue weighted by Crippen LogP contribution is -3.14. The molecule has 0 spiro atoms. The molecule has 16 heavy (non-hydrogen) atoms. The molecule has 0 unspecified atom stereocenters. The van der Waals surface area contributed by atoms with E-state index in [4.69, 9.17) is 17.3 Å². The lowest BCUT2D eigenvalue weighted by molar-refractivity contribution is -0.898. The summed E-state index contributed by atoms with van der Waals surface area (Å²) in [6, 6.07) is 5.77. The van der Waals surface area contributed by atoms with Gasteiger partial charge in [0.2, 0.25) is 0 Å². The maximum atomic E-state index is 6.20. The van der Waals surface area contributed by atoms with E-state index in [2.05, 4.69) is 11.8 Å². The maximum Gasteiger partial charge on any atom is 0.0949 e. The molecule has 0 aromatic heterocycles. The van der Waals surface area contributed by atoms with E-state index in [1.54, 1.807) is 4.90 Å². The highest BCUT2D eigenvalue weighted by Crippen LogP contribution is 2.27. The first-order valence-corrected chi connectivity index (χ1v) is 6.22. The summed E-state index contributed by atoms with van der Waals surface area (Å²) < 4.78 is 0. The zero-order valence-electron chi connectivity index (χ0n) is 9.67. The fourth-order valence-electron chi connectivity index (χ4n) is 2.20. The van der Waals surface area contributed by atoms with Crippen LogP contribution in [0.2, 0.25) is 5.02 Å². The molecule has 88 valence electrons. The van der Waals surface area contributed by atoms with Crippen LogP contribution in [0.15, 0.2) is 18.2 Å². The first-order chi connectivity index (χ1) is 7.70. The number of piperazine rings is 1. The number of nitrogens with two attached hydrogens (primary N) is 1. The standard InChI is InChI=1S/C12H18ClN3/c1-2-15-5-7-16(8-6-15)12-4-3-10(14)9-11(12)13/h3-4,9H,2,5-8,14H2,1H3/p+1. The Bertz CT molecular complexity index is 359. The molecule has 0 radical (unpaired) electrons. The minimum atomic E-state index is 0.728. The number of benzene rings is 1. The molecule has 1 heterocycles. The summed E-state index contributed by atoms with van der Waals surface area (Å²) in [5.74, 6) is 0. The van der Waals surface area contributed by atoms with Crippen LogP contribution in [0.5, 0.6) is 0 Å². The molecule has 0 atom stereocenters. The first-order valence-electron chi connectivity index (χ1n) is 5.84. The van der Waals surface area contributed by atoms with Crippen molar-refractivity contribution in [2.24, 2.45) is 0 Å². The van der Waals surface area contributed by atoms with E-state index in [0.717, 1.165) is 29.5 Å². The number of anilines is 2. The minimum absolute atomic E-state index is 0.728. The second-order valence-corrected chi connectivity index (χ2v) is 4.71. The van der Waals surface area contributed by atoms with E-state index < -0.39 is 0 Å². The largest absolute Gasteiger partial charge is 0.399 e. The summed E-state index contributed by atoms with van der Waals surface area (Å²) in [5.41, 5.74) is 7.54. The van der Waals surface area contributed by atoms with Crippen LogP contribution in [0.3, 0.4) is 0 Å². The van der Waals surface area contributed by atoms with Crippen molar-refractivity contribution in [3.63, 3.8) is 0 Å². The Hall–Kier alpha value is -0.930. The van der Waals surface area contributed by atoms with Crippen molar-refractivity contribution in [2.45, 2.75) is 6.92 Å². The van der Waals surface area contributed by atoms with E-state index >= 15 is 0 Å². The molecule has 1 fully saturated rings. The average Bonchev–Trinajstić information content (AvgIpc) is 2.29. The number of hydrogen-bond acceptors (Lipinski definition) is 2. The molecule has 1 aliphatic heterocycles. The topological polar surface area (TPSA) is 33.7 Å². The summed E-state index contributed by atoms with van der Waals surface area (Å²) in [7, 11) is 0. The van der Waals surface area contributed by atoms with Crippen LogP contribution in [-0.2, 0) is 0 Å². The molecule has 2 rings (SSSR count). The van der Waals surface area contributed by atoms with Gasteiger partial charge in [0, 0.05) is 5.69 Å². The highest BCUT2D eigenvalue weighted by Gasteiger charge is 2.20. The van der Waals surface area contributed by atoms with Crippen LogP contribution in [0.1, 0.15) is 6.92 Å². The summed E-state index contributed by atoms with van der Waals surface area (Å²) in [4.78, 5) is 4.02. The molecular weight excluding hydrogens is 222 g/mol. The van der Waals surface area contributed by atoms with E-state index in [0.29, 0.717) is 0 Å². The fourth-order valence-corrected chi connectivity index (χ4v) is 2.51. The zero-order chi connectivity index (χ0) is 11.5. The Morgan fingerprint density at radius 2 is 2.06 bits per heavy atom. The van der Waals surface area contributed by atoms with Crippen LogP contribution in [0.4, 0.5) is 11.4 Å². The maximum absolute atomic E-state index is 6.20. The van der Waals surface area contributed by atoms with E-state index in [1.807, 2.05) is 18.2 Å². The van der Waals surface area contributed by atoms with Gasteiger partial charge >= 0.3 is 0 Å². The summed E-state index contributed by atoms with van der Waals surface area (Å²) in [6.45, 7) is 7.98. The lowest BCUT2D eigenvalue weighted by Gasteiger charge is -2.33. The van der Waals surface area contributed by atoms with Gasteiger partial charge in [0.1, 0.15) is 0 Å². The molecule has 1 saturated heterocycles. The van der Waals surface area contributed by atoms with Crippen molar-refractivity contribution >= 4 is 23.0 Å². The number of nitrogens with zero attached hydrogens (tertiary/aromatic N) is 1. The number of halogens is 1. The van der Waals surface area contributed by atoms with Crippen LogP contribution in [0, 0.1) is 0 Å². The fraction of sp³-hybridized carbons (Fsp3) is 0.500. The molecular formula is C12H19ClN3+. The first kappa shape index (κ1) is 11.6. The highest BCUT2D eigenvalue weighted by molar-refractivity contribution is 6.33. The van der Waals surface area contributed by atoms with Crippen molar-refractivity contribution in [3.05, 3.63) is 23.2 Å². The third-order valence-electron chi connectivity index (χ3n) is 3.28.